The normalized spacial score (nSPS) is 21.2. The van der Waals surface area contributed by atoms with Crippen LogP contribution in [0.5, 0.6) is 5.75 Å². The fourth-order valence-electron chi connectivity index (χ4n) is 4.35. The van der Waals surface area contributed by atoms with Crippen molar-refractivity contribution in [3.63, 3.8) is 0 Å². The summed E-state index contributed by atoms with van der Waals surface area (Å²) in [4.78, 5) is 0. The zero-order chi connectivity index (χ0) is 30.3. The van der Waals surface area contributed by atoms with Gasteiger partial charge in [-0.3, -0.25) is 0 Å². The maximum absolute atomic E-state index is 6.83. The van der Waals surface area contributed by atoms with Gasteiger partial charge >= 0.3 is 0 Å². The number of hydrogen-bond acceptors (Lipinski definition) is 5. The molecule has 0 aromatic heterocycles. The summed E-state index contributed by atoms with van der Waals surface area (Å²) in [6.07, 6.45) is 13.0. The molecule has 0 amide bonds. The topological polar surface area (TPSA) is 46.2 Å². The van der Waals surface area contributed by atoms with Crippen LogP contribution in [0.1, 0.15) is 97.8 Å². The van der Waals surface area contributed by atoms with Gasteiger partial charge in [-0.05, 0) is 55.9 Å². The van der Waals surface area contributed by atoms with Crippen LogP contribution in [-0.2, 0) is 18.6 Å². The number of rotatable bonds is 16. The van der Waals surface area contributed by atoms with E-state index in [-0.39, 0.29) is 29.5 Å². The summed E-state index contributed by atoms with van der Waals surface area (Å²) in [5, 5.41) is 0.0699. The van der Waals surface area contributed by atoms with Gasteiger partial charge < -0.3 is 23.4 Å². The van der Waals surface area contributed by atoms with Gasteiger partial charge in [-0.2, -0.15) is 0 Å². The Hall–Kier alpha value is -1.88. The highest BCUT2D eigenvalue weighted by Gasteiger charge is 2.42. The van der Waals surface area contributed by atoms with Crippen molar-refractivity contribution in [2.24, 2.45) is 0 Å². The molecular weight excluding hydrogens is 528 g/mol. The zero-order valence-corrected chi connectivity index (χ0v) is 28.0. The molecule has 0 spiro atoms. The molecule has 0 aliphatic carbocycles. The number of ether oxygens (including phenoxy) is 4. The quantitative estimate of drug-likeness (QED) is 0.0839. The van der Waals surface area contributed by atoms with Crippen molar-refractivity contribution in [2.75, 3.05) is 13.7 Å². The van der Waals surface area contributed by atoms with Gasteiger partial charge in [-0.1, -0.05) is 77.8 Å². The molecule has 1 aliphatic rings. The van der Waals surface area contributed by atoms with E-state index in [0.717, 1.165) is 37.0 Å². The van der Waals surface area contributed by atoms with Crippen LogP contribution in [0.4, 0.5) is 0 Å². The molecule has 1 aromatic rings. The number of allylic oxidation sites excluding steroid dienone is 1. The van der Waals surface area contributed by atoms with Crippen molar-refractivity contribution in [3.8, 4) is 17.6 Å². The summed E-state index contributed by atoms with van der Waals surface area (Å²) in [7, 11) is -0.404. The van der Waals surface area contributed by atoms with E-state index < -0.39 is 14.6 Å². The summed E-state index contributed by atoms with van der Waals surface area (Å²) in [6, 6.07) is 7.86. The smallest absolute Gasteiger partial charge is 0.193 e. The Bertz CT molecular complexity index is 969. The molecule has 1 fully saturated rings. The maximum atomic E-state index is 6.83. The van der Waals surface area contributed by atoms with E-state index >= 15 is 0 Å². The van der Waals surface area contributed by atoms with E-state index in [0.29, 0.717) is 13.0 Å². The lowest BCUT2D eigenvalue weighted by Crippen LogP contribution is -2.50. The minimum Gasteiger partial charge on any atom is -0.497 e. The van der Waals surface area contributed by atoms with E-state index in [1.165, 1.54) is 19.3 Å². The molecule has 230 valence electrons. The summed E-state index contributed by atoms with van der Waals surface area (Å²) in [5.74, 6) is 7.45. The number of unbranched alkanes of at least 4 members (excludes halogenated alkanes) is 4. The van der Waals surface area contributed by atoms with E-state index in [1.54, 1.807) is 7.11 Å². The van der Waals surface area contributed by atoms with Gasteiger partial charge in [-0.25, -0.2) is 0 Å². The second-order valence-corrected chi connectivity index (χ2v) is 17.2. The molecule has 1 aliphatic heterocycles. The SMILES string of the molecule is C=C[C@H](O[Si](C)(C)C(C)(C)C)[C@@H](CC#CCCC)OC1COC(c2ccc(OC)cc2)OC1C/C=C\CCCCC. The van der Waals surface area contributed by atoms with Crippen molar-refractivity contribution >= 4 is 8.32 Å². The molecule has 1 heterocycles. The van der Waals surface area contributed by atoms with E-state index in [2.05, 4.69) is 78.3 Å². The Kier molecular flexibility index (Phi) is 15.4. The van der Waals surface area contributed by atoms with Gasteiger partial charge in [-0.15, -0.1) is 18.4 Å². The first-order valence-corrected chi connectivity index (χ1v) is 18.4. The van der Waals surface area contributed by atoms with Crippen LogP contribution < -0.4 is 4.74 Å². The Morgan fingerprint density at radius 3 is 2.41 bits per heavy atom. The summed E-state index contributed by atoms with van der Waals surface area (Å²) >= 11 is 0. The zero-order valence-electron chi connectivity index (χ0n) is 27.0. The second kappa shape index (κ2) is 17.9. The molecule has 0 N–H and O–H groups in total. The first-order chi connectivity index (χ1) is 19.6. The van der Waals surface area contributed by atoms with Gasteiger partial charge in [0.15, 0.2) is 14.6 Å². The average Bonchev–Trinajstić information content (AvgIpc) is 2.95. The van der Waals surface area contributed by atoms with Crippen molar-refractivity contribution in [3.05, 3.63) is 54.6 Å². The fourth-order valence-corrected chi connectivity index (χ4v) is 5.63. The molecule has 5 atom stereocenters. The third kappa shape index (κ3) is 11.7. The molecule has 0 saturated carbocycles. The first-order valence-electron chi connectivity index (χ1n) is 15.5. The molecule has 2 rings (SSSR count). The predicted molar refractivity (Wildman–Crippen MR) is 173 cm³/mol. The maximum Gasteiger partial charge on any atom is 0.193 e. The summed E-state index contributed by atoms with van der Waals surface area (Å²) in [5.41, 5.74) is 0.966. The fraction of sp³-hybridized carbons (Fsp3) is 0.657. The Morgan fingerprint density at radius 1 is 1.07 bits per heavy atom. The second-order valence-electron chi connectivity index (χ2n) is 12.4. The highest BCUT2D eigenvalue weighted by atomic mass is 28.4. The minimum absolute atomic E-state index is 0.0699. The van der Waals surface area contributed by atoms with Crippen LogP contribution in [0, 0.1) is 11.8 Å². The number of methoxy groups -OCH3 is 1. The van der Waals surface area contributed by atoms with Crippen LogP contribution in [-0.4, -0.2) is 46.4 Å². The van der Waals surface area contributed by atoms with E-state index in [9.17, 15) is 0 Å². The molecule has 0 radical (unpaired) electrons. The highest BCUT2D eigenvalue weighted by molar-refractivity contribution is 6.74. The van der Waals surface area contributed by atoms with Gasteiger partial charge in [0.2, 0.25) is 0 Å². The van der Waals surface area contributed by atoms with Crippen LogP contribution >= 0.6 is 0 Å². The lowest BCUT2D eigenvalue weighted by molar-refractivity contribution is -0.274. The Morgan fingerprint density at radius 2 is 1.80 bits per heavy atom. The summed E-state index contributed by atoms with van der Waals surface area (Å²) in [6.45, 7) is 20.2. The van der Waals surface area contributed by atoms with Crippen molar-refractivity contribution in [1.82, 2.24) is 0 Å². The standard InChI is InChI=1S/C35H56O5Si/c1-10-13-15-17-18-20-22-32-33(27-37-34(39-32)28-23-25-29(36-7)26-24-28)38-31(21-19-16-14-11-2)30(12-3)40-41(8,9)35(4,5)6/h12,18,20,23-26,30-34H,3,10-11,13-15,17,21-22,27H2,1-2,4-9H3/b20-18-/t30-,31+,32?,33?,34?/m0/s1. The van der Waals surface area contributed by atoms with Crippen LogP contribution in [0.2, 0.25) is 18.1 Å². The lowest BCUT2D eigenvalue weighted by Gasteiger charge is -2.42. The molecule has 41 heavy (non-hydrogen) atoms. The average molecular weight is 585 g/mol. The number of hydrogen-bond donors (Lipinski definition) is 0. The molecule has 6 heteroatoms. The largest absolute Gasteiger partial charge is 0.497 e. The molecular formula is C35H56O5Si. The molecule has 3 unspecified atom stereocenters. The monoisotopic (exact) mass is 584 g/mol. The molecule has 5 nitrogen and oxygen atoms in total. The van der Waals surface area contributed by atoms with E-state index in [4.69, 9.17) is 23.4 Å². The summed E-state index contributed by atoms with van der Waals surface area (Å²) < 4.78 is 31.8. The van der Waals surface area contributed by atoms with Gasteiger partial charge in [0.1, 0.15) is 11.9 Å². The Balaban J connectivity index is 2.27. The van der Waals surface area contributed by atoms with Gasteiger partial charge in [0.25, 0.3) is 0 Å². The highest BCUT2D eigenvalue weighted by Crippen LogP contribution is 2.39. The minimum atomic E-state index is -2.07. The molecule has 0 bridgehead atoms. The predicted octanol–water partition coefficient (Wildman–Crippen LogP) is 9.16. The molecule has 1 saturated heterocycles. The van der Waals surface area contributed by atoms with Gasteiger partial charge in [0.05, 0.1) is 32.0 Å². The van der Waals surface area contributed by atoms with Crippen LogP contribution in [0.3, 0.4) is 0 Å². The first kappa shape index (κ1) is 35.3. The van der Waals surface area contributed by atoms with Crippen LogP contribution in [0.15, 0.2) is 49.1 Å². The third-order valence-electron chi connectivity index (χ3n) is 8.01. The Labute approximate surface area is 252 Å². The molecule has 1 aromatic carbocycles. The van der Waals surface area contributed by atoms with Crippen molar-refractivity contribution in [1.29, 1.82) is 0 Å². The third-order valence-corrected chi connectivity index (χ3v) is 12.5. The lowest BCUT2D eigenvalue weighted by atomic mass is 10.1. The van der Waals surface area contributed by atoms with Crippen molar-refractivity contribution in [2.45, 2.75) is 135 Å². The van der Waals surface area contributed by atoms with Crippen molar-refractivity contribution < 1.29 is 23.4 Å². The van der Waals surface area contributed by atoms with Gasteiger partial charge in [0, 0.05) is 18.4 Å². The number of benzene rings is 1. The van der Waals surface area contributed by atoms with Crippen LogP contribution in [0.25, 0.3) is 0 Å². The van der Waals surface area contributed by atoms with E-state index in [1.807, 2.05) is 30.3 Å².